The van der Waals surface area contributed by atoms with Crippen LogP contribution in [0.4, 0.5) is 0 Å². The number of hydrogen-bond donors (Lipinski definition) is 1. The lowest BCUT2D eigenvalue weighted by Gasteiger charge is -1.98. The Hall–Kier alpha value is -1.44. The molecule has 0 radical (unpaired) electrons. The van der Waals surface area contributed by atoms with Gasteiger partial charge < -0.3 is 5.11 Å². The number of carboxylic acids is 1. The van der Waals surface area contributed by atoms with Crippen LogP contribution in [0.5, 0.6) is 0 Å². The van der Waals surface area contributed by atoms with E-state index in [0.717, 1.165) is 30.2 Å². The van der Waals surface area contributed by atoms with Crippen LogP contribution in [0.25, 0.3) is 20.7 Å². The Balaban J connectivity index is 2.01. The zero-order chi connectivity index (χ0) is 14.8. The number of halogens is 1. The van der Waals surface area contributed by atoms with E-state index >= 15 is 0 Å². The molecular formula is C14H9BrN2O2S2. The molecule has 106 valence electrons. The fourth-order valence-electron chi connectivity index (χ4n) is 1.82. The van der Waals surface area contributed by atoms with Crippen molar-refractivity contribution >= 4 is 55.2 Å². The second-order valence-electron chi connectivity index (χ2n) is 4.19. The third-order valence-electron chi connectivity index (χ3n) is 2.74. The summed E-state index contributed by atoms with van der Waals surface area (Å²) in [5, 5.41) is 9.51. The van der Waals surface area contributed by atoms with Gasteiger partial charge >= 0.3 is 5.97 Å². The highest BCUT2D eigenvalue weighted by atomic mass is 79.9. The molecule has 3 aromatic rings. The van der Waals surface area contributed by atoms with Crippen LogP contribution in [-0.4, -0.2) is 26.8 Å². The molecule has 0 saturated carbocycles. The van der Waals surface area contributed by atoms with E-state index in [9.17, 15) is 4.79 Å². The summed E-state index contributed by atoms with van der Waals surface area (Å²) >= 11 is 6.22. The molecule has 1 aromatic carbocycles. The average molecular weight is 381 g/mol. The summed E-state index contributed by atoms with van der Waals surface area (Å²) in [7, 11) is 0. The van der Waals surface area contributed by atoms with Crippen LogP contribution in [-0.2, 0) is 4.79 Å². The van der Waals surface area contributed by atoms with Crippen LogP contribution in [0.3, 0.4) is 0 Å². The maximum atomic E-state index is 10.7. The van der Waals surface area contributed by atoms with E-state index in [4.69, 9.17) is 5.11 Å². The third kappa shape index (κ3) is 3.25. The van der Waals surface area contributed by atoms with Crippen molar-refractivity contribution in [3.8, 4) is 10.4 Å². The summed E-state index contributed by atoms with van der Waals surface area (Å²) in [5.41, 5.74) is 1.95. The Bertz CT molecular complexity index is 802. The van der Waals surface area contributed by atoms with Crippen molar-refractivity contribution in [2.24, 2.45) is 0 Å². The molecule has 7 heteroatoms. The van der Waals surface area contributed by atoms with E-state index in [1.54, 1.807) is 11.3 Å². The van der Waals surface area contributed by atoms with Gasteiger partial charge in [0.25, 0.3) is 0 Å². The van der Waals surface area contributed by atoms with E-state index in [1.807, 2.05) is 30.3 Å². The molecule has 3 rings (SSSR count). The van der Waals surface area contributed by atoms with Crippen molar-refractivity contribution in [1.82, 2.24) is 9.97 Å². The Morgan fingerprint density at radius 2 is 2.05 bits per heavy atom. The number of thioether (sulfide) groups is 1. The number of hydrogen-bond acceptors (Lipinski definition) is 5. The van der Waals surface area contributed by atoms with Gasteiger partial charge in [-0.2, -0.15) is 0 Å². The largest absolute Gasteiger partial charge is 0.481 e. The summed E-state index contributed by atoms with van der Waals surface area (Å²) in [6.45, 7) is 0. The smallest absolute Gasteiger partial charge is 0.313 e. The van der Waals surface area contributed by atoms with Gasteiger partial charge in [0.05, 0.1) is 16.0 Å². The van der Waals surface area contributed by atoms with E-state index < -0.39 is 5.97 Å². The van der Waals surface area contributed by atoms with Gasteiger partial charge in [-0.15, -0.1) is 11.3 Å². The number of rotatable bonds is 4. The number of fused-ring (bicyclic) bond motifs is 1. The molecule has 0 aliphatic heterocycles. The van der Waals surface area contributed by atoms with Gasteiger partial charge in [-0.3, -0.25) is 4.79 Å². The first-order valence-corrected chi connectivity index (χ1v) is 8.58. The van der Waals surface area contributed by atoms with Crippen LogP contribution >= 0.6 is 39.0 Å². The molecule has 4 nitrogen and oxygen atoms in total. The predicted molar refractivity (Wildman–Crippen MR) is 88.9 cm³/mol. The summed E-state index contributed by atoms with van der Waals surface area (Å²) in [6, 6.07) is 10.1. The number of carboxylic acid groups (broad SMARTS) is 1. The Morgan fingerprint density at radius 3 is 2.76 bits per heavy atom. The minimum atomic E-state index is -0.851. The fraction of sp³-hybridized carbons (Fsp3) is 0.0714. The number of aromatic nitrogens is 2. The lowest BCUT2D eigenvalue weighted by molar-refractivity contribution is -0.133. The predicted octanol–water partition coefficient (Wildman–Crippen LogP) is 4.30. The number of carbonyl (C=O) groups is 1. The van der Waals surface area contributed by atoms with Crippen molar-refractivity contribution in [3.63, 3.8) is 0 Å². The van der Waals surface area contributed by atoms with Crippen LogP contribution in [0.1, 0.15) is 0 Å². The van der Waals surface area contributed by atoms with Crippen LogP contribution in [0, 0.1) is 0 Å². The molecule has 1 N–H and O–H groups in total. The molecule has 0 fully saturated rings. The van der Waals surface area contributed by atoms with Gasteiger partial charge in [-0.05, 0) is 23.8 Å². The summed E-state index contributed by atoms with van der Waals surface area (Å²) in [5.74, 6) is -0.853. The molecule has 0 aliphatic carbocycles. The maximum Gasteiger partial charge on any atom is 0.313 e. The standard InChI is InChI=1S/C14H9BrN2O2S2/c15-9-3-1-8(2-4-9)11-5-10-13(21-11)14(17-7-16-10)20-6-12(18)19/h1-5,7H,6H2,(H,18,19). The van der Waals surface area contributed by atoms with Crippen LogP contribution in [0.2, 0.25) is 0 Å². The van der Waals surface area contributed by atoms with Crippen molar-refractivity contribution < 1.29 is 9.90 Å². The Kier molecular flexibility index (Phi) is 4.23. The minimum absolute atomic E-state index is 0.00235. The molecule has 2 aromatic heterocycles. The topological polar surface area (TPSA) is 63.1 Å². The van der Waals surface area contributed by atoms with Gasteiger partial charge in [-0.1, -0.05) is 39.8 Å². The van der Waals surface area contributed by atoms with Gasteiger partial charge in [0, 0.05) is 9.35 Å². The Labute approximate surface area is 137 Å². The van der Waals surface area contributed by atoms with Crippen molar-refractivity contribution in [2.45, 2.75) is 5.03 Å². The Morgan fingerprint density at radius 1 is 1.29 bits per heavy atom. The lowest BCUT2D eigenvalue weighted by atomic mass is 10.2. The second kappa shape index (κ2) is 6.13. The van der Waals surface area contributed by atoms with E-state index in [-0.39, 0.29) is 5.75 Å². The number of thiophene rings is 1. The van der Waals surface area contributed by atoms with Gasteiger partial charge in [-0.25, -0.2) is 9.97 Å². The third-order valence-corrected chi connectivity index (χ3v) is 5.55. The second-order valence-corrected chi connectivity index (χ2v) is 7.13. The molecule has 0 unspecified atom stereocenters. The fourth-order valence-corrected chi connectivity index (χ4v) is 4.01. The monoisotopic (exact) mass is 380 g/mol. The van der Waals surface area contributed by atoms with Crippen molar-refractivity contribution in [1.29, 1.82) is 0 Å². The van der Waals surface area contributed by atoms with Gasteiger partial charge in [0.2, 0.25) is 0 Å². The van der Waals surface area contributed by atoms with Crippen LogP contribution < -0.4 is 0 Å². The molecule has 0 saturated heterocycles. The zero-order valence-electron chi connectivity index (χ0n) is 10.6. The highest BCUT2D eigenvalue weighted by molar-refractivity contribution is 9.10. The summed E-state index contributed by atoms with van der Waals surface area (Å²) in [4.78, 5) is 20.2. The number of nitrogens with zero attached hydrogens (tertiary/aromatic N) is 2. The average Bonchev–Trinajstić information content (AvgIpc) is 2.90. The quantitative estimate of drug-likeness (QED) is 0.539. The molecule has 2 heterocycles. The lowest BCUT2D eigenvalue weighted by Crippen LogP contribution is -1.98. The van der Waals surface area contributed by atoms with Crippen LogP contribution in [0.15, 0.2) is 46.2 Å². The molecule has 0 bridgehead atoms. The van der Waals surface area contributed by atoms with Gasteiger partial charge in [0.1, 0.15) is 11.4 Å². The first-order valence-electron chi connectivity index (χ1n) is 5.98. The SMILES string of the molecule is O=C(O)CSc1ncnc2cc(-c3ccc(Br)cc3)sc12. The minimum Gasteiger partial charge on any atom is -0.481 e. The van der Waals surface area contributed by atoms with Crippen molar-refractivity contribution in [3.05, 3.63) is 41.1 Å². The van der Waals surface area contributed by atoms with Crippen molar-refractivity contribution in [2.75, 3.05) is 5.75 Å². The molecule has 0 atom stereocenters. The summed E-state index contributed by atoms with van der Waals surface area (Å²) in [6.07, 6.45) is 1.48. The normalized spacial score (nSPS) is 10.9. The highest BCUT2D eigenvalue weighted by Crippen LogP contribution is 2.37. The molecule has 21 heavy (non-hydrogen) atoms. The maximum absolute atomic E-state index is 10.7. The first kappa shape index (κ1) is 14.5. The van der Waals surface area contributed by atoms with E-state index in [0.29, 0.717) is 0 Å². The number of benzene rings is 1. The highest BCUT2D eigenvalue weighted by Gasteiger charge is 2.11. The molecule has 0 spiro atoms. The summed E-state index contributed by atoms with van der Waals surface area (Å²) < 4.78 is 1.96. The number of aliphatic carboxylic acids is 1. The van der Waals surface area contributed by atoms with E-state index in [2.05, 4.69) is 25.9 Å². The zero-order valence-corrected chi connectivity index (χ0v) is 13.8. The molecular weight excluding hydrogens is 372 g/mol. The molecule has 0 amide bonds. The first-order chi connectivity index (χ1) is 10.1. The van der Waals surface area contributed by atoms with E-state index in [1.165, 1.54) is 18.1 Å². The van der Waals surface area contributed by atoms with Gasteiger partial charge in [0.15, 0.2) is 0 Å². The molecule has 0 aliphatic rings.